The Hall–Kier alpha value is -3.38. The molecule has 0 saturated carbocycles. The minimum absolute atomic E-state index is 0.0229. The normalized spacial score (nSPS) is 10.8. The molecule has 4 N–H and O–H groups in total. The van der Waals surface area contributed by atoms with Crippen molar-refractivity contribution in [3.05, 3.63) is 58.8 Å². The fourth-order valence-electron chi connectivity index (χ4n) is 2.81. The van der Waals surface area contributed by atoms with Crippen LogP contribution in [0.1, 0.15) is 0 Å². The number of aromatic nitrogens is 5. The zero-order chi connectivity index (χ0) is 22.7. The summed E-state index contributed by atoms with van der Waals surface area (Å²) in [6.07, 6.45) is 0. The molecule has 2 aromatic heterocycles. The van der Waals surface area contributed by atoms with Crippen LogP contribution in [0.2, 0.25) is 0 Å². The molecule has 2 heterocycles. The van der Waals surface area contributed by atoms with Gasteiger partial charge in [-0.1, -0.05) is 27.7 Å². The number of methoxy groups -OCH3 is 1. The number of nitrogens with zero attached hydrogens (tertiary/aromatic N) is 4. The highest BCUT2D eigenvalue weighted by Crippen LogP contribution is 2.26. The van der Waals surface area contributed by atoms with E-state index >= 15 is 0 Å². The first-order chi connectivity index (χ1) is 15.4. The van der Waals surface area contributed by atoms with Crippen molar-refractivity contribution in [1.82, 2.24) is 25.1 Å². The van der Waals surface area contributed by atoms with Crippen molar-refractivity contribution in [3.8, 4) is 28.5 Å². The van der Waals surface area contributed by atoms with E-state index in [-0.39, 0.29) is 11.4 Å². The summed E-state index contributed by atoms with van der Waals surface area (Å²) >= 11 is 4.25. The molecular formula is C20H17BrFN7O2S. The Labute approximate surface area is 194 Å². The summed E-state index contributed by atoms with van der Waals surface area (Å²) in [4.78, 5) is 12.2. The summed E-state index contributed by atoms with van der Waals surface area (Å²) in [6, 6.07) is 13.6. The number of nitrogen functional groups attached to an aromatic ring is 1. The fourth-order valence-corrected chi connectivity index (χ4v) is 3.80. The molecule has 0 aliphatic heterocycles. The van der Waals surface area contributed by atoms with E-state index in [9.17, 15) is 9.18 Å². The zero-order valence-electron chi connectivity index (χ0n) is 16.7. The third-order valence-electron chi connectivity index (χ3n) is 4.41. The highest BCUT2D eigenvalue weighted by atomic mass is 79.9. The number of halogens is 2. The minimum atomic E-state index is -0.533. The van der Waals surface area contributed by atoms with Crippen LogP contribution in [0.25, 0.3) is 22.8 Å². The van der Waals surface area contributed by atoms with Crippen molar-refractivity contribution >= 4 is 39.3 Å². The number of aromatic amines is 1. The first-order valence-electron chi connectivity index (χ1n) is 9.23. The fraction of sp³-hybridized carbons (Fsp3) is 0.100. The summed E-state index contributed by atoms with van der Waals surface area (Å²) in [7, 11) is 1.61. The van der Waals surface area contributed by atoms with Crippen LogP contribution < -0.4 is 15.9 Å². The average molecular weight is 518 g/mol. The molecule has 4 aromatic rings. The van der Waals surface area contributed by atoms with Gasteiger partial charge in [0.2, 0.25) is 16.9 Å². The van der Waals surface area contributed by atoms with Gasteiger partial charge in [-0.3, -0.25) is 9.89 Å². The van der Waals surface area contributed by atoms with Gasteiger partial charge in [-0.25, -0.2) is 9.07 Å². The van der Waals surface area contributed by atoms with Gasteiger partial charge in [-0.2, -0.15) is 5.10 Å². The van der Waals surface area contributed by atoms with E-state index in [0.717, 1.165) is 23.1 Å². The summed E-state index contributed by atoms with van der Waals surface area (Å²) in [5, 5.41) is 18.1. The maximum Gasteiger partial charge on any atom is 0.234 e. The number of amides is 1. The van der Waals surface area contributed by atoms with Crippen molar-refractivity contribution in [2.45, 2.75) is 5.16 Å². The van der Waals surface area contributed by atoms with E-state index in [1.54, 1.807) is 19.2 Å². The van der Waals surface area contributed by atoms with Gasteiger partial charge in [0.05, 0.1) is 24.2 Å². The Balaban J connectivity index is 1.42. The van der Waals surface area contributed by atoms with Crippen molar-refractivity contribution in [1.29, 1.82) is 0 Å². The summed E-state index contributed by atoms with van der Waals surface area (Å²) < 4.78 is 20.9. The van der Waals surface area contributed by atoms with Crippen molar-refractivity contribution in [2.24, 2.45) is 0 Å². The van der Waals surface area contributed by atoms with Crippen LogP contribution in [0.5, 0.6) is 5.75 Å². The number of benzene rings is 2. The SMILES string of the molecule is COc1ccc(-c2cc(-c3nnc(SCC(=O)Nc4ccc(Br)cc4F)n3N)[nH]n2)cc1. The number of carbonyl (C=O) groups is 1. The molecule has 164 valence electrons. The molecule has 0 atom stereocenters. The quantitative estimate of drug-likeness (QED) is 0.252. The summed E-state index contributed by atoms with van der Waals surface area (Å²) in [5.41, 5.74) is 2.26. The molecule has 4 rings (SSSR count). The van der Waals surface area contributed by atoms with Crippen LogP contribution in [0, 0.1) is 5.82 Å². The Kier molecular flexibility index (Phi) is 6.42. The molecule has 32 heavy (non-hydrogen) atoms. The summed E-state index contributed by atoms with van der Waals surface area (Å²) in [5.74, 6) is 6.27. The van der Waals surface area contributed by atoms with Crippen molar-refractivity contribution < 1.29 is 13.9 Å². The number of hydrogen-bond acceptors (Lipinski definition) is 7. The molecular weight excluding hydrogens is 501 g/mol. The van der Waals surface area contributed by atoms with Gasteiger partial charge < -0.3 is 15.9 Å². The molecule has 0 saturated heterocycles. The Morgan fingerprint density at radius 3 is 2.75 bits per heavy atom. The lowest BCUT2D eigenvalue weighted by atomic mass is 10.1. The molecule has 0 aliphatic rings. The lowest BCUT2D eigenvalue weighted by Gasteiger charge is -2.06. The largest absolute Gasteiger partial charge is 0.497 e. The number of ether oxygens (including phenoxy) is 1. The molecule has 0 unspecified atom stereocenters. The van der Waals surface area contributed by atoms with Gasteiger partial charge in [-0.05, 0) is 48.5 Å². The maximum absolute atomic E-state index is 13.9. The molecule has 2 aromatic carbocycles. The molecule has 0 fully saturated rings. The first-order valence-corrected chi connectivity index (χ1v) is 11.0. The molecule has 0 spiro atoms. The molecule has 0 radical (unpaired) electrons. The first kappa shape index (κ1) is 21.8. The highest BCUT2D eigenvalue weighted by molar-refractivity contribution is 9.10. The molecule has 9 nitrogen and oxygen atoms in total. The predicted molar refractivity (Wildman–Crippen MR) is 123 cm³/mol. The lowest BCUT2D eigenvalue weighted by Crippen LogP contribution is -2.17. The van der Waals surface area contributed by atoms with Crippen LogP contribution in [0.3, 0.4) is 0 Å². The van der Waals surface area contributed by atoms with Crippen LogP contribution in [-0.4, -0.2) is 43.8 Å². The Bertz CT molecular complexity index is 1260. The second-order valence-electron chi connectivity index (χ2n) is 6.53. The van der Waals surface area contributed by atoms with Crippen LogP contribution in [0.15, 0.2) is 58.2 Å². The molecule has 1 amide bonds. The lowest BCUT2D eigenvalue weighted by molar-refractivity contribution is -0.113. The molecule has 0 aliphatic carbocycles. The standard InChI is InChI=1S/C20H17BrFN7O2S/c1-31-13-5-2-11(3-6-13)16-9-17(26-25-16)19-27-28-20(29(19)23)32-10-18(30)24-15-7-4-12(21)8-14(15)22/h2-9H,10,23H2,1H3,(H,24,30)(H,25,26). The van der Waals surface area contributed by atoms with Crippen LogP contribution in [0.4, 0.5) is 10.1 Å². The predicted octanol–water partition coefficient (Wildman–Crippen LogP) is 3.69. The Morgan fingerprint density at radius 2 is 2.03 bits per heavy atom. The number of rotatable bonds is 7. The van der Waals surface area contributed by atoms with Crippen molar-refractivity contribution in [2.75, 3.05) is 24.0 Å². The number of nitrogens with one attached hydrogen (secondary N) is 2. The second-order valence-corrected chi connectivity index (χ2v) is 8.39. The molecule has 0 bridgehead atoms. The van der Waals surface area contributed by atoms with Crippen LogP contribution >= 0.6 is 27.7 Å². The number of thioether (sulfide) groups is 1. The number of carbonyl (C=O) groups excluding carboxylic acids is 1. The van der Waals surface area contributed by atoms with Gasteiger partial charge in [0.1, 0.15) is 17.3 Å². The molecule has 12 heteroatoms. The van der Waals surface area contributed by atoms with Crippen molar-refractivity contribution in [3.63, 3.8) is 0 Å². The zero-order valence-corrected chi connectivity index (χ0v) is 19.1. The van der Waals surface area contributed by atoms with E-state index < -0.39 is 11.7 Å². The average Bonchev–Trinajstić information content (AvgIpc) is 3.41. The third kappa shape index (κ3) is 4.75. The third-order valence-corrected chi connectivity index (χ3v) is 5.84. The smallest absolute Gasteiger partial charge is 0.234 e. The Morgan fingerprint density at radius 1 is 1.25 bits per heavy atom. The number of hydrogen-bond donors (Lipinski definition) is 3. The van der Waals surface area contributed by atoms with E-state index in [1.807, 2.05) is 24.3 Å². The topological polar surface area (TPSA) is 124 Å². The maximum atomic E-state index is 13.9. The van der Waals surface area contributed by atoms with Gasteiger partial charge in [0, 0.05) is 10.0 Å². The van der Waals surface area contributed by atoms with Gasteiger partial charge in [-0.15, -0.1) is 10.2 Å². The van der Waals surface area contributed by atoms with E-state index in [1.165, 1.54) is 16.8 Å². The van der Waals surface area contributed by atoms with Gasteiger partial charge in [0.15, 0.2) is 0 Å². The second kappa shape index (κ2) is 9.40. The monoisotopic (exact) mass is 517 g/mol. The van der Waals surface area contributed by atoms with E-state index in [0.29, 0.717) is 26.8 Å². The number of H-pyrrole nitrogens is 1. The van der Waals surface area contributed by atoms with E-state index in [2.05, 4.69) is 41.6 Å². The van der Waals surface area contributed by atoms with Crippen LogP contribution in [-0.2, 0) is 4.79 Å². The van der Waals surface area contributed by atoms with Gasteiger partial charge in [0.25, 0.3) is 0 Å². The summed E-state index contributed by atoms with van der Waals surface area (Å²) in [6.45, 7) is 0. The number of anilines is 1. The minimum Gasteiger partial charge on any atom is -0.497 e. The van der Waals surface area contributed by atoms with Gasteiger partial charge >= 0.3 is 0 Å². The number of nitrogens with two attached hydrogens (primary N) is 1. The van der Waals surface area contributed by atoms with E-state index in [4.69, 9.17) is 10.6 Å². The highest BCUT2D eigenvalue weighted by Gasteiger charge is 2.17.